The van der Waals surface area contributed by atoms with Gasteiger partial charge in [-0.3, -0.25) is 9.59 Å². The van der Waals surface area contributed by atoms with Crippen molar-refractivity contribution >= 4 is 18.0 Å². The quantitative estimate of drug-likeness (QED) is 0.545. The van der Waals surface area contributed by atoms with Crippen molar-refractivity contribution in [1.29, 1.82) is 0 Å². The fourth-order valence-corrected chi connectivity index (χ4v) is 6.32. The molecule has 184 valence electrons. The van der Waals surface area contributed by atoms with Crippen molar-refractivity contribution in [3.63, 3.8) is 0 Å². The van der Waals surface area contributed by atoms with Gasteiger partial charge in [-0.15, -0.1) is 0 Å². The number of rotatable bonds is 8. The van der Waals surface area contributed by atoms with E-state index in [-0.39, 0.29) is 42.9 Å². The molecule has 35 heavy (non-hydrogen) atoms. The molecule has 0 saturated carbocycles. The SMILES string of the molecule is O=C(O)CC1CC2CCC(C1)N2C(=O)CCCNC(=O)OCC1c2ccccc2-c2ccccc21. The van der Waals surface area contributed by atoms with Gasteiger partial charge in [0.25, 0.3) is 0 Å². The van der Waals surface area contributed by atoms with Gasteiger partial charge in [0, 0.05) is 37.4 Å². The number of nitrogens with one attached hydrogen (secondary N) is 1. The summed E-state index contributed by atoms with van der Waals surface area (Å²) in [4.78, 5) is 38.2. The van der Waals surface area contributed by atoms with Gasteiger partial charge < -0.3 is 20.1 Å². The predicted octanol–water partition coefficient (Wildman–Crippen LogP) is 4.55. The highest BCUT2D eigenvalue weighted by molar-refractivity contribution is 5.79. The number of carboxylic acids is 1. The first-order chi connectivity index (χ1) is 17.0. The van der Waals surface area contributed by atoms with Crippen LogP contribution in [0.5, 0.6) is 0 Å². The fourth-order valence-electron chi connectivity index (χ4n) is 6.32. The topological polar surface area (TPSA) is 95.9 Å². The Kier molecular flexibility index (Phi) is 6.75. The van der Waals surface area contributed by atoms with Gasteiger partial charge in [0.05, 0.1) is 0 Å². The molecule has 3 aliphatic rings. The van der Waals surface area contributed by atoms with Crippen LogP contribution in [0.3, 0.4) is 0 Å². The summed E-state index contributed by atoms with van der Waals surface area (Å²) in [7, 11) is 0. The second kappa shape index (κ2) is 10.1. The molecule has 2 aromatic carbocycles. The van der Waals surface area contributed by atoms with E-state index in [0.717, 1.165) is 25.7 Å². The molecule has 7 heteroatoms. The van der Waals surface area contributed by atoms with Crippen LogP contribution < -0.4 is 5.32 Å². The van der Waals surface area contributed by atoms with E-state index < -0.39 is 12.1 Å². The maximum absolute atomic E-state index is 12.8. The molecule has 2 aromatic rings. The standard InChI is InChI=1S/C28H32N2O5/c31-26(30-19-11-12-20(30)15-18(14-19)16-27(32)33)10-5-13-29-28(34)35-17-25-23-8-3-1-6-21(23)22-7-2-4-9-24(22)25/h1-4,6-9,18-20,25H,5,10-17H2,(H,29,34)(H,32,33). The first-order valence-corrected chi connectivity index (χ1v) is 12.6. The van der Waals surface area contributed by atoms with E-state index in [1.54, 1.807) is 0 Å². The van der Waals surface area contributed by atoms with Gasteiger partial charge in [-0.05, 0) is 60.3 Å². The third-order valence-corrected chi connectivity index (χ3v) is 7.76. The van der Waals surface area contributed by atoms with E-state index in [4.69, 9.17) is 9.84 Å². The van der Waals surface area contributed by atoms with Crippen LogP contribution in [0.1, 0.15) is 62.0 Å². The van der Waals surface area contributed by atoms with E-state index in [1.165, 1.54) is 22.3 Å². The Morgan fingerprint density at radius 3 is 2.14 bits per heavy atom. The minimum atomic E-state index is -0.756. The van der Waals surface area contributed by atoms with Crippen molar-refractivity contribution in [2.75, 3.05) is 13.2 Å². The Bertz CT molecular complexity index is 1060. The lowest BCUT2D eigenvalue weighted by Crippen LogP contribution is -2.47. The Labute approximate surface area is 205 Å². The van der Waals surface area contributed by atoms with Gasteiger partial charge in [0.2, 0.25) is 5.91 Å². The molecule has 0 radical (unpaired) electrons. The third kappa shape index (κ3) is 4.90. The molecule has 2 bridgehead atoms. The Morgan fingerprint density at radius 1 is 0.943 bits per heavy atom. The van der Waals surface area contributed by atoms with Crippen molar-refractivity contribution in [2.24, 2.45) is 5.92 Å². The smallest absolute Gasteiger partial charge is 0.407 e. The first kappa shape index (κ1) is 23.4. The minimum absolute atomic E-state index is 0.0225. The Balaban J connectivity index is 1.06. The molecule has 2 unspecified atom stereocenters. The number of aliphatic carboxylic acids is 1. The van der Waals surface area contributed by atoms with Crippen LogP contribution in [0.2, 0.25) is 0 Å². The summed E-state index contributed by atoms with van der Waals surface area (Å²) in [5.74, 6) is -0.451. The second-order valence-electron chi connectivity index (χ2n) is 9.98. The molecular weight excluding hydrogens is 444 g/mol. The van der Waals surface area contributed by atoms with E-state index >= 15 is 0 Å². The average Bonchev–Trinajstić information content (AvgIpc) is 3.31. The maximum atomic E-state index is 12.8. The van der Waals surface area contributed by atoms with Crippen molar-refractivity contribution < 1.29 is 24.2 Å². The lowest BCUT2D eigenvalue weighted by molar-refractivity contribution is -0.140. The third-order valence-electron chi connectivity index (χ3n) is 7.76. The van der Waals surface area contributed by atoms with Crippen LogP contribution in [0, 0.1) is 5.92 Å². The number of hydrogen-bond acceptors (Lipinski definition) is 4. The number of benzene rings is 2. The summed E-state index contributed by atoms with van der Waals surface area (Å²) in [5, 5.41) is 11.9. The molecule has 0 spiro atoms. The summed E-state index contributed by atoms with van der Waals surface area (Å²) < 4.78 is 5.56. The van der Waals surface area contributed by atoms with E-state index in [2.05, 4.69) is 29.6 Å². The van der Waals surface area contributed by atoms with E-state index in [0.29, 0.717) is 19.4 Å². The van der Waals surface area contributed by atoms with Crippen LogP contribution in [0.4, 0.5) is 4.79 Å². The second-order valence-corrected chi connectivity index (χ2v) is 9.98. The van der Waals surface area contributed by atoms with Gasteiger partial charge >= 0.3 is 12.1 Å². The van der Waals surface area contributed by atoms with Crippen LogP contribution in [-0.4, -0.2) is 53.2 Å². The number of hydrogen-bond donors (Lipinski definition) is 2. The van der Waals surface area contributed by atoms with Crippen LogP contribution >= 0.6 is 0 Å². The summed E-state index contributed by atoms with van der Waals surface area (Å²) >= 11 is 0. The highest BCUT2D eigenvalue weighted by Gasteiger charge is 2.43. The zero-order chi connectivity index (χ0) is 24.4. The summed E-state index contributed by atoms with van der Waals surface area (Å²) in [5.41, 5.74) is 4.73. The molecule has 2 N–H and O–H groups in total. The molecule has 2 heterocycles. The van der Waals surface area contributed by atoms with Crippen LogP contribution in [0.15, 0.2) is 48.5 Å². The normalized spacial score (nSPS) is 22.4. The summed E-state index contributed by atoms with van der Waals surface area (Å²) in [6.45, 7) is 0.653. The highest BCUT2D eigenvalue weighted by Crippen LogP contribution is 2.44. The number of amides is 2. The molecule has 2 aliphatic heterocycles. The monoisotopic (exact) mass is 476 g/mol. The van der Waals surface area contributed by atoms with E-state index in [9.17, 15) is 14.4 Å². The number of carbonyl (C=O) groups is 3. The number of nitrogens with zero attached hydrogens (tertiary/aromatic N) is 1. The van der Waals surface area contributed by atoms with Crippen molar-refractivity contribution in [2.45, 2.75) is 62.9 Å². The Morgan fingerprint density at radius 2 is 1.54 bits per heavy atom. The number of carboxylic acid groups (broad SMARTS) is 1. The minimum Gasteiger partial charge on any atom is -0.481 e. The number of alkyl carbamates (subject to hydrolysis) is 1. The van der Waals surface area contributed by atoms with Gasteiger partial charge in [-0.2, -0.15) is 0 Å². The zero-order valence-electron chi connectivity index (χ0n) is 19.8. The number of fused-ring (bicyclic) bond motifs is 5. The van der Waals surface area contributed by atoms with Gasteiger partial charge in [-0.25, -0.2) is 4.79 Å². The van der Waals surface area contributed by atoms with Gasteiger partial charge in [0.1, 0.15) is 6.61 Å². The number of ether oxygens (including phenoxy) is 1. The molecule has 2 amide bonds. The zero-order valence-corrected chi connectivity index (χ0v) is 19.8. The highest BCUT2D eigenvalue weighted by atomic mass is 16.5. The molecule has 2 fully saturated rings. The Hall–Kier alpha value is -3.35. The lowest BCUT2D eigenvalue weighted by Gasteiger charge is -2.38. The van der Waals surface area contributed by atoms with Crippen molar-refractivity contribution in [3.8, 4) is 11.1 Å². The molecule has 7 nitrogen and oxygen atoms in total. The largest absolute Gasteiger partial charge is 0.481 e. The molecule has 2 saturated heterocycles. The fraction of sp³-hybridized carbons (Fsp3) is 0.464. The molecule has 1 aliphatic carbocycles. The van der Waals surface area contributed by atoms with Gasteiger partial charge in [0.15, 0.2) is 0 Å². The predicted molar refractivity (Wildman–Crippen MR) is 131 cm³/mol. The van der Waals surface area contributed by atoms with Gasteiger partial charge in [-0.1, -0.05) is 48.5 Å². The maximum Gasteiger partial charge on any atom is 0.407 e. The number of carbonyl (C=O) groups excluding carboxylic acids is 2. The molecule has 5 rings (SSSR count). The lowest BCUT2D eigenvalue weighted by atomic mass is 9.88. The summed E-state index contributed by atoms with van der Waals surface area (Å²) in [6, 6.07) is 16.8. The van der Waals surface area contributed by atoms with Crippen molar-refractivity contribution in [1.82, 2.24) is 10.2 Å². The molecule has 0 aromatic heterocycles. The summed E-state index contributed by atoms with van der Waals surface area (Å²) in [6.07, 6.45) is 4.15. The number of piperidine rings is 1. The van der Waals surface area contributed by atoms with Crippen LogP contribution in [0.25, 0.3) is 11.1 Å². The molecule has 2 atom stereocenters. The van der Waals surface area contributed by atoms with E-state index in [1.807, 2.05) is 29.2 Å². The first-order valence-electron chi connectivity index (χ1n) is 12.6. The average molecular weight is 477 g/mol. The van der Waals surface area contributed by atoms with Crippen LogP contribution in [-0.2, 0) is 14.3 Å². The molecular formula is C28H32N2O5. The van der Waals surface area contributed by atoms with Crippen molar-refractivity contribution in [3.05, 3.63) is 59.7 Å².